The second kappa shape index (κ2) is 7.93. The zero-order valence-corrected chi connectivity index (χ0v) is 16.0. The first-order valence-electron chi connectivity index (χ1n) is 8.77. The van der Waals surface area contributed by atoms with Gasteiger partial charge in [0.2, 0.25) is 5.88 Å². The van der Waals surface area contributed by atoms with Gasteiger partial charge in [0.05, 0.1) is 26.1 Å². The van der Waals surface area contributed by atoms with Crippen molar-refractivity contribution in [2.45, 2.75) is 25.9 Å². The van der Waals surface area contributed by atoms with Gasteiger partial charge in [-0.2, -0.15) is 10.1 Å². The highest BCUT2D eigenvalue weighted by Gasteiger charge is 2.24. The number of rotatable bonds is 6. The molecule has 0 amide bonds. The Bertz CT molecular complexity index is 919. The van der Waals surface area contributed by atoms with Gasteiger partial charge < -0.3 is 25.2 Å². The predicted octanol–water partition coefficient (Wildman–Crippen LogP) is 0.500. The van der Waals surface area contributed by atoms with Gasteiger partial charge in [0, 0.05) is 18.5 Å². The van der Waals surface area contributed by atoms with Gasteiger partial charge in [-0.25, -0.2) is 4.68 Å². The maximum absolute atomic E-state index is 12.4. The number of hydrogen-bond donors (Lipinski definition) is 3. The first-order valence-corrected chi connectivity index (χ1v) is 10.6. The maximum Gasteiger partial charge on any atom is 0.325 e. The number of nitrogens with zero attached hydrogens (tertiary/aromatic N) is 4. The molecule has 2 aromatic rings. The molecule has 0 radical (unpaired) electrons. The summed E-state index contributed by atoms with van der Waals surface area (Å²) in [4.78, 5) is 37.1. The molecule has 11 heteroatoms. The maximum atomic E-state index is 12.4. The van der Waals surface area contributed by atoms with Crippen molar-refractivity contribution in [3.8, 4) is 5.88 Å². The van der Waals surface area contributed by atoms with E-state index in [9.17, 15) is 9.36 Å². The van der Waals surface area contributed by atoms with Gasteiger partial charge >= 0.3 is 7.60 Å². The van der Waals surface area contributed by atoms with Gasteiger partial charge in [-0.05, 0) is 31.2 Å². The molecule has 1 aliphatic heterocycles. The molecule has 0 saturated carbocycles. The molecule has 2 aromatic heterocycles. The van der Waals surface area contributed by atoms with E-state index in [4.69, 9.17) is 20.3 Å². The average Bonchev–Trinajstić information content (AvgIpc) is 2.65. The van der Waals surface area contributed by atoms with E-state index in [2.05, 4.69) is 15.0 Å². The van der Waals surface area contributed by atoms with Crippen molar-refractivity contribution in [3.63, 3.8) is 0 Å². The number of pyridine rings is 1. The first-order chi connectivity index (χ1) is 12.8. The smallest absolute Gasteiger partial charge is 0.325 e. The SMILES string of the molecule is COc1nc(N2CCC(CCP(=O)(O)O)CC2)cc2cnn(CN)c(=O)c12. The van der Waals surface area contributed by atoms with Crippen molar-refractivity contribution in [3.05, 3.63) is 22.6 Å². The normalized spacial score (nSPS) is 16.1. The van der Waals surface area contributed by atoms with E-state index in [1.54, 1.807) is 6.20 Å². The molecule has 3 heterocycles. The van der Waals surface area contributed by atoms with Crippen LogP contribution < -0.4 is 20.9 Å². The van der Waals surface area contributed by atoms with Crippen LogP contribution in [-0.2, 0) is 11.2 Å². The lowest BCUT2D eigenvalue weighted by molar-refractivity contribution is 0.349. The van der Waals surface area contributed by atoms with Gasteiger partial charge in [-0.15, -0.1) is 0 Å². The van der Waals surface area contributed by atoms with Gasteiger partial charge in [0.1, 0.15) is 11.2 Å². The van der Waals surface area contributed by atoms with Crippen molar-refractivity contribution in [2.24, 2.45) is 11.7 Å². The van der Waals surface area contributed by atoms with Crippen molar-refractivity contribution in [1.29, 1.82) is 0 Å². The minimum atomic E-state index is -3.95. The second-order valence-corrected chi connectivity index (χ2v) is 8.47. The van der Waals surface area contributed by atoms with Crippen LogP contribution >= 0.6 is 7.60 Å². The molecule has 0 atom stereocenters. The van der Waals surface area contributed by atoms with Gasteiger partial charge in [0.15, 0.2) is 0 Å². The van der Waals surface area contributed by atoms with Crippen LogP contribution in [0.2, 0.25) is 0 Å². The zero-order chi connectivity index (χ0) is 19.6. The van der Waals surface area contributed by atoms with Gasteiger partial charge in [0.25, 0.3) is 5.56 Å². The van der Waals surface area contributed by atoms with Crippen LogP contribution in [0.15, 0.2) is 17.1 Å². The Kier molecular flexibility index (Phi) is 5.81. The molecule has 1 saturated heterocycles. The van der Waals surface area contributed by atoms with E-state index in [1.807, 2.05) is 6.07 Å². The molecule has 0 spiro atoms. The molecule has 4 N–H and O–H groups in total. The van der Waals surface area contributed by atoms with Crippen LogP contribution in [0.3, 0.4) is 0 Å². The number of hydrogen-bond acceptors (Lipinski definition) is 7. The summed E-state index contributed by atoms with van der Waals surface area (Å²) in [5.74, 6) is 1.22. The topological polar surface area (TPSA) is 144 Å². The molecule has 148 valence electrons. The molecule has 0 bridgehead atoms. The summed E-state index contributed by atoms with van der Waals surface area (Å²) >= 11 is 0. The largest absolute Gasteiger partial charge is 0.480 e. The fraction of sp³-hybridized carbons (Fsp3) is 0.562. The van der Waals surface area contributed by atoms with E-state index in [1.165, 1.54) is 7.11 Å². The molecule has 1 fully saturated rings. The number of fused-ring (bicyclic) bond motifs is 1. The lowest BCUT2D eigenvalue weighted by Gasteiger charge is -2.33. The Morgan fingerprint density at radius 2 is 2.07 bits per heavy atom. The van der Waals surface area contributed by atoms with Crippen LogP contribution in [0.4, 0.5) is 5.82 Å². The standard InChI is InChI=1S/C16H24N5O5P/c1-26-15-14-12(9-18-21(10-17)16(14)22)8-13(19-15)20-5-2-11(3-6-20)4-7-27(23,24)25/h8-9,11H,2-7,10,17H2,1H3,(H2,23,24,25). The Hall–Kier alpha value is -2.00. The summed E-state index contributed by atoms with van der Waals surface area (Å²) in [7, 11) is -2.48. The third-order valence-corrected chi connectivity index (χ3v) is 5.76. The van der Waals surface area contributed by atoms with Crippen LogP contribution in [0.25, 0.3) is 10.8 Å². The first kappa shape index (κ1) is 19.8. The Morgan fingerprint density at radius 3 is 2.67 bits per heavy atom. The van der Waals surface area contributed by atoms with E-state index < -0.39 is 7.60 Å². The van der Waals surface area contributed by atoms with Gasteiger partial charge in [-0.1, -0.05) is 0 Å². The highest BCUT2D eigenvalue weighted by molar-refractivity contribution is 7.51. The average molecular weight is 397 g/mol. The fourth-order valence-electron chi connectivity index (χ4n) is 3.40. The van der Waals surface area contributed by atoms with Crippen molar-refractivity contribution < 1.29 is 19.1 Å². The third-order valence-electron chi connectivity index (χ3n) is 4.92. The number of aromatic nitrogens is 3. The number of nitrogens with two attached hydrogens (primary N) is 1. The van der Waals surface area contributed by atoms with E-state index in [0.29, 0.717) is 23.0 Å². The molecular weight excluding hydrogens is 373 g/mol. The Morgan fingerprint density at radius 1 is 1.37 bits per heavy atom. The van der Waals surface area contributed by atoms with Crippen LogP contribution in [0.5, 0.6) is 5.88 Å². The summed E-state index contributed by atoms with van der Waals surface area (Å²) in [5.41, 5.74) is 5.18. The molecule has 27 heavy (non-hydrogen) atoms. The van der Waals surface area contributed by atoms with E-state index in [0.717, 1.165) is 30.6 Å². The van der Waals surface area contributed by atoms with E-state index >= 15 is 0 Å². The number of ether oxygens (including phenoxy) is 1. The molecule has 0 aromatic carbocycles. The molecule has 3 rings (SSSR count). The van der Waals surface area contributed by atoms with Gasteiger partial charge in [-0.3, -0.25) is 9.36 Å². The minimum absolute atomic E-state index is 0.0260. The summed E-state index contributed by atoms with van der Waals surface area (Å²) in [6, 6.07) is 1.81. The molecular formula is C16H24N5O5P. The van der Waals surface area contributed by atoms with Crippen molar-refractivity contribution in [2.75, 3.05) is 31.3 Å². The molecule has 0 unspecified atom stereocenters. The zero-order valence-electron chi connectivity index (χ0n) is 15.1. The summed E-state index contributed by atoms with van der Waals surface area (Å²) in [6.07, 6.45) is 3.68. The quantitative estimate of drug-likeness (QED) is 0.594. The minimum Gasteiger partial charge on any atom is -0.480 e. The number of anilines is 1. The number of methoxy groups -OCH3 is 1. The second-order valence-electron chi connectivity index (χ2n) is 6.69. The third kappa shape index (κ3) is 4.47. The molecule has 1 aliphatic rings. The van der Waals surface area contributed by atoms with Crippen molar-refractivity contribution >= 4 is 24.2 Å². The Balaban J connectivity index is 1.80. The molecule has 10 nitrogen and oxygen atoms in total. The Labute approximate surface area is 156 Å². The summed E-state index contributed by atoms with van der Waals surface area (Å²) < 4.78 is 17.5. The van der Waals surface area contributed by atoms with E-state index in [-0.39, 0.29) is 30.2 Å². The summed E-state index contributed by atoms with van der Waals surface area (Å²) in [6.45, 7) is 1.42. The number of piperidine rings is 1. The van der Waals surface area contributed by atoms with Crippen LogP contribution in [0.1, 0.15) is 19.3 Å². The van der Waals surface area contributed by atoms with Crippen molar-refractivity contribution in [1.82, 2.24) is 14.8 Å². The lowest BCUT2D eigenvalue weighted by Crippen LogP contribution is -2.34. The van der Waals surface area contributed by atoms with Crippen LogP contribution in [0, 0.1) is 5.92 Å². The summed E-state index contributed by atoms with van der Waals surface area (Å²) in [5, 5.41) is 5.03. The van der Waals surface area contributed by atoms with Crippen LogP contribution in [-0.4, -0.2) is 50.9 Å². The lowest BCUT2D eigenvalue weighted by atomic mass is 9.94. The highest BCUT2D eigenvalue weighted by Crippen LogP contribution is 2.38. The molecule has 0 aliphatic carbocycles. The highest BCUT2D eigenvalue weighted by atomic mass is 31.2. The fourth-order valence-corrected chi connectivity index (χ4v) is 4.10. The predicted molar refractivity (Wildman–Crippen MR) is 101 cm³/mol. The monoisotopic (exact) mass is 397 g/mol.